The summed E-state index contributed by atoms with van der Waals surface area (Å²) in [6.07, 6.45) is 4.27. The lowest BCUT2D eigenvalue weighted by Gasteiger charge is -2.19. The van der Waals surface area contributed by atoms with Crippen molar-refractivity contribution < 1.29 is 4.42 Å². The highest BCUT2D eigenvalue weighted by Crippen LogP contribution is 2.40. The third kappa shape index (κ3) is 3.68. The van der Waals surface area contributed by atoms with Crippen molar-refractivity contribution in [3.63, 3.8) is 0 Å². The van der Waals surface area contributed by atoms with Crippen LogP contribution >= 0.6 is 0 Å². The van der Waals surface area contributed by atoms with E-state index in [9.17, 15) is 0 Å². The molecule has 0 N–H and O–H groups in total. The average molecular weight is 509 g/mol. The van der Waals surface area contributed by atoms with E-state index in [0.29, 0.717) is 0 Å². The van der Waals surface area contributed by atoms with Crippen molar-refractivity contribution in [1.82, 2.24) is 9.55 Å². The summed E-state index contributed by atoms with van der Waals surface area (Å²) in [4.78, 5) is 5.25. The molecule has 0 aliphatic rings. The monoisotopic (exact) mass is 508 g/mol. The van der Waals surface area contributed by atoms with Crippen molar-refractivity contribution in [2.75, 3.05) is 0 Å². The summed E-state index contributed by atoms with van der Waals surface area (Å²) in [6.45, 7) is 6.69. The SMILES string of the molecule is CCCc1cccc(CCC)c1-n1c(-c2ccc3c(oc4c5ccccc5ccc34)c2C)nc2ccccc21. The van der Waals surface area contributed by atoms with Gasteiger partial charge in [-0.3, -0.25) is 4.57 Å². The van der Waals surface area contributed by atoms with E-state index in [-0.39, 0.29) is 0 Å². The van der Waals surface area contributed by atoms with Crippen LogP contribution in [0.2, 0.25) is 0 Å². The summed E-state index contributed by atoms with van der Waals surface area (Å²) in [6, 6.07) is 32.6. The van der Waals surface area contributed by atoms with Gasteiger partial charge in [0, 0.05) is 27.3 Å². The number of hydrogen-bond acceptors (Lipinski definition) is 2. The molecule has 7 rings (SSSR count). The lowest BCUT2D eigenvalue weighted by atomic mass is 9.98. The Balaban J connectivity index is 1.54. The lowest BCUT2D eigenvalue weighted by Crippen LogP contribution is -2.07. The summed E-state index contributed by atoms with van der Waals surface area (Å²) >= 11 is 0. The van der Waals surface area contributed by atoms with E-state index in [4.69, 9.17) is 9.40 Å². The predicted molar refractivity (Wildman–Crippen MR) is 164 cm³/mol. The molecule has 3 nitrogen and oxygen atoms in total. The van der Waals surface area contributed by atoms with Crippen LogP contribution in [0.15, 0.2) is 95.4 Å². The van der Waals surface area contributed by atoms with Crippen LogP contribution in [0, 0.1) is 6.92 Å². The summed E-state index contributed by atoms with van der Waals surface area (Å²) in [5.74, 6) is 0.974. The number of benzene rings is 5. The van der Waals surface area contributed by atoms with Gasteiger partial charge >= 0.3 is 0 Å². The Labute approximate surface area is 228 Å². The van der Waals surface area contributed by atoms with Crippen molar-refractivity contribution in [3.8, 4) is 17.1 Å². The molecule has 0 atom stereocenters. The van der Waals surface area contributed by atoms with Gasteiger partial charge in [-0.05, 0) is 60.5 Å². The Morgan fingerprint density at radius 2 is 1.36 bits per heavy atom. The van der Waals surface area contributed by atoms with E-state index in [1.807, 2.05) is 0 Å². The second kappa shape index (κ2) is 9.43. The number of nitrogens with zero attached hydrogens (tertiary/aromatic N) is 2. The third-order valence-corrected chi connectivity index (χ3v) is 8.05. The molecule has 2 heterocycles. The Hall–Kier alpha value is -4.37. The van der Waals surface area contributed by atoms with Gasteiger partial charge in [0.25, 0.3) is 0 Å². The molecule has 39 heavy (non-hydrogen) atoms. The van der Waals surface area contributed by atoms with Crippen LogP contribution in [0.3, 0.4) is 0 Å². The maximum atomic E-state index is 6.67. The van der Waals surface area contributed by atoms with Crippen LogP contribution < -0.4 is 0 Å². The zero-order valence-corrected chi connectivity index (χ0v) is 22.8. The van der Waals surface area contributed by atoms with Crippen LogP contribution in [0.5, 0.6) is 0 Å². The first-order valence-electron chi connectivity index (χ1n) is 14.1. The zero-order valence-electron chi connectivity index (χ0n) is 22.8. The number of para-hydroxylation sites is 3. The van der Waals surface area contributed by atoms with Crippen LogP contribution in [-0.2, 0) is 12.8 Å². The first-order valence-corrected chi connectivity index (χ1v) is 14.1. The van der Waals surface area contributed by atoms with E-state index in [1.54, 1.807) is 0 Å². The topological polar surface area (TPSA) is 31.0 Å². The van der Waals surface area contributed by atoms with Crippen molar-refractivity contribution in [2.45, 2.75) is 46.5 Å². The van der Waals surface area contributed by atoms with Gasteiger partial charge in [0.15, 0.2) is 0 Å². The number of fused-ring (bicyclic) bond motifs is 6. The van der Waals surface area contributed by atoms with E-state index in [1.165, 1.54) is 22.2 Å². The molecule has 0 radical (unpaired) electrons. The molecule has 0 spiro atoms. The molecule has 192 valence electrons. The first kappa shape index (κ1) is 23.7. The second-order valence-electron chi connectivity index (χ2n) is 10.6. The smallest absolute Gasteiger partial charge is 0.146 e. The molecule has 0 aliphatic carbocycles. The summed E-state index contributed by atoms with van der Waals surface area (Å²) in [7, 11) is 0. The lowest BCUT2D eigenvalue weighted by molar-refractivity contribution is 0.669. The van der Waals surface area contributed by atoms with Gasteiger partial charge in [-0.25, -0.2) is 4.98 Å². The normalized spacial score (nSPS) is 11.9. The fourth-order valence-corrected chi connectivity index (χ4v) is 6.25. The number of aryl methyl sites for hydroxylation is 3. The minimum Gasteiger partial charge on any atom is -0.455 e. The summed E-state index contributed by atoms with van der Waals surface area (Å²) in [5, 5.41) is 4.65. The molecule has 0 saturated heterocycles. The molecule has 0 amide bonds. The van der Waals surface area contributed by atoms with E-state index in [0.717, 1.165) is 81.0 Å². The molecule has 5 aromatic carbocycles. The van der Waals surface area contributed by atoms with Gasteiger partial charge in [0.05, 0.1) is 16.7 Å². The van der Waals surface area contributed by atoms with Crippen LogP contribution in [0.4, 0.5) is 0 Å². The molecular weight excluding hydrogens is 476 g/mol. The Morgan fingerprint density at radius 3 is 2.15 bits per heavy atom. The molecule has 2 aromatic heterocycles. The van der Waals surface area contributed by atoms with Gasteiger partial charge in [0.1, 0.15) is 17.0 Å². The second-order valence-corrected chi connectivity index (χ2v) is 10.6. The summed E-state index contributed by atoms with van der Waals surface area (Å²) in [5.41, 5.74) is 10.3. The number of aromatic nitrogens is 2. The molecule has 0 saturated carbocycles. The number of furan rings is 1. The van der Waals surface area contributed by atoms with Crippen molar-refractivity contribution in [3.05, 3.63) is 108 Å². The molecule has 0 unspecified atom stereocenters. The Bertz CT molecular complexity index is 1980. The van der Waals surface area contributed by atoms with E-state index in [2.05, 4.69) is 116 Å². The minimum absolute atomic E-state index is 0.938. The van der Waals surface area contributed by atoms with Crippen LogP contribution in [0.1, 0.15) is 43.4 Å². The molecule has 0 fully saturated rings. The van der Waals surface area contributed by atoms with Crippen molar-refractivity contribution in [1.29, 1.82) is 0 Å². The van der Waals surface area contributed by atoms with Gasteiger partial charge in [0.2, 0.25) is 0 Å². The number of imidazole rings is 1. The molecular formula is C36H32N2O. The maximum Gasteiger partial charge on any atom is 0.146 e. The quantitative estimate of drug-likeness (QED) is 0.224. The van der Waals surface area contributed by atoms with Crippen molar-refractivity contribution in [2.24, 2.45) is 0 Å². The number of rotatable bonds is 6. The van der Waals surface area contributed by atoms with E-state index >= 15 is 0 Å². The fraction of sp³-hybridized carbons (Fsp3) is 0.194. The minimum atomic E-state index is 0.938. The van der Waals surface area contributed by atoms with Crippen LogP contribution in [0.25, 0.3) is 60.8 Å². The highest BCUT2D eigenvalue weighted by atomic mass is 16.3. The average Bonchev–Trinajstić information content (AvgIpc) is 3.53. The summed E-state index contributed by atoms with van der Waals surface area (Å²) < 4.78 is 9.08. The molecule has 7 aromatic rings. The highest BCUT2D eigenvalue weighted by Gasteiger charge is 2.22. The maximum absolute atomic E-state index is 6.67. The van der Waals surface area contributed by atoms with Crippen LogP contribution in [-0.4, -0.2) is 9.55 Å². The zero-order chi connectivity index (χ0) is 26.5. The van der Waals surface area contributed by atoms with E-state index < -0.39 is 0 Å². The molecule has 0 aliphatic heterocycles. The third-order valence-electron chi connectivity index (χ3n) is 8.05. The Kier molecular flexibility index (Phi) is 5.73. The van der Waals surface area contributed by atoms with Crippen molar-refractivity contribution >= 4 is 43.7 Å². The van der Waals surface area contributed by atoms with Gasteiger partial charge in [-0.1, -0.05) is 93.4 Å². The highest BCUT2D eigenvalue weighted by molar-refractivity contribution is 6.16. The first-order chi connectivity index (χ1) is 19.2. The van der Waals surface area contributed by atoms with Gasteiger partial charge in [-0.15, -0.1) is 0 Å². The largest absolute Gasteiger partial charge is 0.455 e. The standard InChI is InChI=1S/C36H32N2O/c1-4-11-25-14-10-15-26(12-5-2)33(25)38-32-18-9-8-17-31(32)37-36(38)27-21-22-29-30-20-19-24-13-6-7-16-28(24)35(30)39-34(29)23(27)3/h6-10,13-22H,4-5,11-12H2,1-3H3. The molecule has 0 bridgehead atoms. The number of hydrogen-bond donors (Lipinski definition) is 0. The van der Waals surface area contributed by atoms with Gasteiger partial charge < -0.3 is 4.42 Å². The van der Waals surface area contributed by atoms with Gasteiger partial charge in [-0.2, -0.15) is 0 Å². The molecule has 3 heteroatoms. The predicted octanol–water partition coefficient (Wildman–Crippen LogP) is 9.96. The Morgan fingerprint density at radius 1 is 0.667 bits per heavy atom. The fourth-order valence-electron chi connectivity index (χ4n) is 6.25.